The van der Waals surface area contributed by atoms with Gasteiger partial charge in [0.05, 0.1) is 0 Å². The summed E-state index contributed by atoms with van der Waals surface area (Å²) >= 11 is 0. The van der Waals surface area contributed by atoms with Crippen molar-refractivity contribution in [2.24, 2.45) is 11.8 Å². The highest BCUT2D eigenvalue weighted by atomic mass is 16.2. The summed E-state index contributed by atoms with van der Waals surface area (Å²) in [6.07, 6.45) is 5.73. The number of benzene rings is 1. The average Bonchev–Trinajstić information content (AvgIpc) is 3.08. The van der Waals surface area contributed by atoms with Crippen molar-refractivity contribution in [1.82, 2.24) is 20.9 Å². The normalized spacial score (nSPS) is 31.3. The molecule has 3 heterocycles. The van der Waals surface area contributed by atoms with Gasteiger partial charge in [0.15, 0.2) is 0 Å². The quantitative estimate of drug-likeness (QED) is 0.652. The molecule has 0 spiro atoms. The van der Waals surface area contributed by atoms with E-state index in [0.717, 1.165) is 36.1 Å². The molecule has 7 heteroatoms. The van der Waals surface area contributed by atoms with Crippen molar-refractivity contribution < 1.29 is 14.4 Å². The molecule has 4 atom stereocenters. The van der Waals surface area contributed by atoms with E-state index >= 15 is 0 Å². The molecule has 2 saturated heterocycles. The van der Waals surface area contributed by atoms with Gasteiger partial charge in [0, 0.05) is 31.1 Å². The SMILES string of the molecule is O=C1CCC(N2Cc3ccc(CNC4CCC5CNCCC5C4)cc3C2=O)C(=O)N1. The summed E-state index contributed by atoms with van der Waals surface area (Å²) in [4.78, 5) is 38.2. The summed E-state index contributed by atoms with van der Waals surface area (Å²) < 4.78 is 0. The maximum absolute atomic E-state index is 13.0. The van der Waals surface area contributed by atoms with E-state index in [1.54, 1.807) is 4.90 Å². The van der Waals surface area contributed by atoms with Crippen LogP contribution in [0.2, 0.25) is 0 Å². The number of imide groups is 1. The fraction of sp³-hybridized carbons (Fsp3) is 0.609. The lowest BCUT2D eigenvalue weighted by Crippen LogP contribution is -2.52. The molecule has 1 saturated carbocycles. The summed E-state index contributed by atoms with van der Waals surface area (Å²) in [5, 5.41) is 9.59. The molecule has 30 heavy (non-hydrogen) atoms. The van der Waals surface area contributed by atoms with Crippen molar-refractivity contribution in [3.05, 3.63) is 34.9 Å². The summed E-state index contributed by atoms with van der Waals surface area (Å²) in [5.74, 6) is 0.959. The third kappa shape index (κ3) is 3.76. The molecule has 1 aliphatic carbocycles. The van der Waals surface area contributed by atoms with E-state index in [0.29, 0.717) is 24.6 Å². The van der Waals surface area contributed by atoms with Crippen LogP contribution >= 0.6 is 0 Å². The second kappa shape index (κ2) is 8.12. The van der Waals surface area contributed by atoms with E-state index in [-0.39, 0.29) is 24.1 Å². The zero-order chi connectivity index (χ0) is 20.7. The fourth-order valence-electron chi connectivity index (χ4n) is 5.68. The molecular formula is C23H30N4O3. The number of fused-ring (bicyclic) bond motifs is 2. The van der Waals surface area contributed by atoms with Gasteiger partial charge in [0.1, 0.15) is 6.04 Å². The Balaban J connectivity index is 1.21. The van der Waals surface area contributed by atoms with Crippen LogP contribution in [-0.2, 0) is 22.7 Å². The molecule has 7 nitrogen and oxygen atoms in total. The molecule has 0 aromatic heterocycles. The van der Waals surface area contributed by atoms with Gasteiger partial charge >= 0.3 is 0 Å². The minimum absolute atomic E-state index is 0.100. The number of nitrogens with one attached hydrogen (secondary N) is 3. The van der Waals surface area contributed by atoms with Crippen LogP contribution in [0.1, 0.15) is 60.0 Å². The zero-order valence-electron chi connectivity index (χ0n) is 17.3. The van der Waals surface area contributed by atoms with Crippen molar-refractivity contribution in [2.75, 3.05) is 13.1 Å². The minimum atomic E-state index is -0.552. The number of rotatable bonds is 4. The van der Waals surface area contributed by atoms with Gasteiger partial charge in [-0.25, -0.2) is 0 Å². The van der Waals surface area contributed by atoms with Crippen LogP contribution in [0, 0.1) is 11.8 Å². The van der Waals surface area contributed by atoms with Crippen LogP contribution in [0.4, 0.5) is 0 Å². The predicted molar refractivity (Wildman–Crippen MR) is 111 cm³/mol. The summed E-state index contributed by atoms with van der Waals surface area (Å²) in [6, 6.07) is 6.08. The number of piperidine rings is 2. The Labute approximate surface area is 177 Å². The Hall–Kier alpha value is -2.25. The van der Waals surface area contributed by atoms with E-state index in [1.165, 1.54) is 32.2 Å². The van der Waals surface area contributed by atoms with Gasteiger partial charge < -0.3 is 15.5 Å². The first-order valence-corrected chi connectivity index (χ1v) is 11.3. The van der Waals surface area contributed by atoms with Gasteiger partial charge in [-0.15, -0.1) is 0 Å². The topological polar surface area (TPSA) is 90.5 Å². The Kier molecular flexibility index (Phi) is 5.33. The maximum atomic E-state index is 13.0. The molecule has 0 radical (unpaired) electrons. The Morgan fingerprint density at radius 1 is 1.07 bits per heavy atom. The third-order valence-corrected chi connectivity index (χ3v) is 7.43. The molecule has 4 aliphatic rings. The van der Waals surface area contributed by atoms with Crippen LogP contribution < -0.4 is 16.0 Å². The molecule has 3 aliphatic heterocycles. The van der Waals surface area contributed by atoms with Gasteiger partial charge in [0.25, 0.3) is 5.91 Å². The monoisotopic (exact) mass is 410 g/mol. The smallest absolute Gasteiger partial charge is 0.255 e. The van der Waals surface area contributed by atoms with E-state index < -0.39 is 6.04 Å². The maximum Gasteiger partial charge on any atom is 0.255 e. The van der Waals surface area contributed by atoms with E-state index in [4.69, 9.17) is 0 Å². The van der Waals surface area contributed by atoms with Gasteiger partial charge in [-0.1, -0.05) is 12.1 Å². The van der Waals surface area contributed by atoms with Crippen LogP contribution in [-0.4, -0.2) is 47.8 Å². The molecule has 4 unspecified atom stereocenters. The van der Waals surface area contributed by atoms with Gasteiger partial charge in [0.2, 0.25) is 11.8 Å². The van der Waals surface area contributed by atoms with Crippen molar-refractivity contribution in [2.45, 2.75) is 63.7 Å². The highest BCUT2D eigenvalue weighted by Gasteiger charge is 2.39. The van der Waals surface area contributed by atoms with Crippen molar-refractivity contribution in [1.29, 1.82) is 0 Å². The highest BCUT2D eigenvalue weighted by Crippen LogP contribution is 2.34. The predicted octanol–water partition coefficient (Wildman–Crippen LogP) is 1.32. The Morgan fingerprint density at radius 2 is 1.97 bits per heavy atom. The van der Waals surface area contributed by atoms with Gasteiger partial charge in [-0.3, -0.25) is 19.7 Å². The first kappa shape index (κ1) is 19.7. The van der Waals surface area contributed by atoms with E-state index in [9.17, 15) is 14.4 Å². The van der Waals surface area contributed by atoms with Crippen LogP contribution in [0.3, 0.4) is 0 Å². The van der Waals surface area contributed by atoms with Gasteiger partial charge in [-0.2, -0.15) is 0 Å². The minimum Gasteiger partial charge on any atom is -0.322 e. The molecule has 5 rings (SSSR count). The van der Waals surface area contributed by atoms with E-state index in [1.807, 2.05) is 12.1 Å². The lowest BCUT2D eigenvalue weighted by Gasteiger charge is -2.40. The second-order valence-corrected chi connectivity index (χ2v) is 9.30. The number of amides is 3. The largest absolute Gasteiger partial charge is 0.322 e. The number of carbonyl (C=O) groups is 3. The number of hydrogen-bond acceptors (Lipinski definition) is 5. The average molecular weight is 411 g/mol. The molecule has 3 N–H and O–H groups in total. The highest BCUT2D eigenvalue weighted by molar-refractivity contribution is 6.05. The zero-order valence-corrected chi connectivity index (χ0v) is 17.3. The van der Waals surface area contributed by atoms with Crippen LogP contribution in [0.15, 0.2) is 18.2 Å². The van der Waals surface area contributed by atoms with Crippen LogP contribution in [0.25, 0.3) is 0 Å². The summed E-state index contributed by atoms with van der Waals surface area (Å²) in [7, 11) is 0. The first-order valence-electron chi connectivity index (χ1n) is 11.3. The standard InChI is InChI=1S/C23H30N4O3/c28-21-6-5-20(22(29)26-21)27-13-17-2-1-14(9-19(17)23(27)30)11-25-18-4-3-16-12-24-8-7-15(16)10-18/h1-2,9,15-16,18,20,24-25H,3-8,10-13H2,(H,26,28,29). The number of hydrogen-bond donors (Lipinski definition) is 3. The summed E-state index contributed by atoms with van der Waals surface area (Å²) in [6.45, 7) is 3.52. The number of nitrogens with zero attached hydrogens (tertiary/aromatic N) is 1. The van der Waals surface area contributed by atoms with E-state index in [2.05, 4.69) is 22.0 Å². The molecule has 160 valence electrons. The Morgan fingerprint density at radius 3 is 2.83 bits per heavy atom. The van der Waals surface area contributed by atoms with Crippen molar-refractivity contribution >= 4 is 17.7 Å². The number of carbonyl (C=O) groups excluding carboxylic acids is 3. The van der Waals surface area contributed by atoms with Gasteiger partial charge in [-0.05, 0) is 74.2 Å². The Bertz CT molecular complexity index is 870. The molecule has 1 aromatic carbocycles. The molecule has 0 bridgehead atoms. The lowest BCUT2D eigenvalue weighted by molar-refractivity contribution is -0.136. The molecule has 3 fully saturated rings. The van der Waals surface area contributed by atoms with Crippen molar-refractivity contribution in [3.63, 3.8) is 0 Å². The third-order valence-electron chi connectivity index (χ3n) is 7.43. The van der Waals surface area contributed by atoms with Crippen molar-refractivity contribution in [3.8, 4) is 0 Å². The molecule has 1 aromatic rings. The van der Waals surface area contributed by atoms with Crippen LogP contribution in [0.5, 0.6) is 0 Å². The second-order valence-electron chi connectivity index (χ2n) is 9.30. The molecule has 3 amide bonds. The lowest BCUT2D eigenvalue weighted by atomic mass is 9.73. The fourth-order valence-corrected chi connectivity index (χ4v) is 5.68. The first-order chi connectivity index (χ1) is 14.6. The summed E-state index contributed by atoms with van der Waals surface area (Å²) in [5.41, 5.74) is 2.77. The molecular weight excluding hydrogens is 380 g/mol.